The molecule has 4 rings (SSSR count). The molecule has 9 heteroatoms. The van der Waals surface area contributed by atoms with Crippen molar-refractivity contribution in [3.05, 3.63) is 87.2 Å². The number of nitrogens with one attached hydrogen (secondary N) is 1. The molecular weight excluding hydrogens is 492 g/mol. The fraction of sp³-hybridized carbons (Fsp3) is 0.310. The third-order valence-corrected chi connectivity index (χ3v) is 6.13. The average molecular weight is 522 g/mol. The largest absolute Gasteiger partial charge is 0.506 e. The molecule has 7 nitrogen and oxygen atoms in total. The molecule has 0 amide bonds. The molecule has 0 bridgehead atoms. The first-order valence-corrected chi connectivity index (χ1v) is 12.6. The smallest absolute Gasteiger partial charge is 0.264 e. The first-order valence-electron chi connectivity index (χ1n) is 12.6. The van der Waals surface area contributed by atoms with Crippen molar-refractivity contribution in [2.45, 2.75) is 52.9 Å². The molecule has 0 unspecified atom stereocenters. The van der Waals surface area contributed by atoms with Gasteiger partial charge in [0.15, 0.2) is 17.4 Å². The molecule has 2 heterocycles. The maximum Gasteiger partial charge on any atom is 0.264 e. The molecule has 2 N–H and O–H groups in total. The summed E-state index contributed by atoms with van der Waals surface area (Å²) in [6.07, 6.45) is 2.53. The molecule has 0 atom stereocenters. The second kappa shape index (κ2) is 11.5. The van der Waals surface area contributed by atoms with Crippen LogP contribution in [0.2, 0.25) is 0 Å². The van der Waals surface area contributed by atoms with Gasteiger partial charge >= 0.3 is 0 Å². The molecule has 0 aliphatic heterocycles. The summed E-state index contributed by atoms with van der Waals surface area (Å²) < 4.78 is 32.5. The van der Waals surface area contributed by atoms with E-state index in [9.17, 15) is 23.5 Å². The van der Waals surface area contributed by atoms with Gasteiger partial charge in [-0.15, -0.1) is 10.2 Å². The molecule has 38 heavy (non-hydrogen) atoms. The van der Waals surface area contributed by atoms with E-state index in [4.69, 9.17) is 4.42 Å². The van der Waals surface area contributed by atoms with Crippen LogP contribution in [0.25, 0.3) is 22.6 Å². The van der Waals surface area contributed by atoms with Crippen LogP contribution in [0.4, 0.5) is 8.78 Å². The Kier molecular flexibility index (Phi) is 8.14. The van der Waals surface area contributed by atoms with E-state index in [1.54, 1.807) is 24.3 Å². The first-order chi connectivity index (χ1) is 18.2. The van der Waals surface area contributed by atoms with Crippen molar-refractivity contribution in [1.29, 1.82) is 0 Å². The molecule has 0 aliphatic carbocycles. The maximum atomic E-state index is 13.6. The predicted octanol–water partition coefficient (Wildman–Crippen LogP) is 6.24. The van der Waals surface area contributed by atoms with E-state index in [1.807, 2.05) is 20.8 Å². The van der Waals surface area contributed by atoms with E-state index in [0.717, 1.165) is 25.0 Å². The topological polar surface area (TPSA) is 109 Å². The number of carbonyl (C=O) groups is 1. The summed E-state index contributed by atoms with van der Waals surface area (Å²) in [5, 5.41) is 19.2. The fourth-order valence-corrected chi connectivity index (χ4v) is 4.27. The second-order valence-corrected chi connectivity index (χ2v) is 9.66. The fourth-order valence-electron chi connectivity index (χ4n) is 4.27. The third-order valence-electron chi connectivity index (χ3n) is 6.13. The van der Waals surface area contributed by atoms with E-state index in [-0.39, 0.29) is 41.2 Å². The van der Waals surface area contributed by atoms with E-state index >= 15 is 0 Å². The SMILES string of the molecule is CCCCc1[nH]c(=O)c(-c2nnc(Cc3ccc(F)c(F)c3)o2)c(O)c1-c1cccc(C(=O)CC(C)C)c1. The molecule has 0 saturated carbocycles. The number of aromatic hydroxyl groups is 1. The lowest BCUT2D eigenvalue weighted by molar-refractivity contribution is 0.0968. The minimum absolute atomic E-state index is 0.00428. The number of H-pyrrole nitrogens is 1. The molecule has 0 fully saturated rings. The number of carbonyl (C=O) groups excluding carboxylic acids is 1. The number of Topliss-reactive ketones (excluding diaryl/α,β-unsaturated/α-hetero) is 1. The van der Waals surface area contributed by atoms with Gasteiger partial charge in [-0.2, -0.15) is 0 Å². The lowest BCUT2D eigenvalue weighted by Crippen LogP contribution is -2.14. The monoisotopic (exact) mass is 521 g/mol. The van der Waals surface area contributed by atoms with Gasteiger partial charge in [-0.3, -0.25) is 9.59 Å². The van der Waals surface area contributed by atoms with Gasteiger partial charge in [0, 0.05) is 23.2 Å². The number of pyridine rings is 1. The highest BCUT2D eigenvalue weighted by Crippen LogP contribution is 2.38. The number of aryl methyl sites for hydroxylation is 1. The average Bonchev–Trinajstić information content (AvgIpc) is 3.32. The Morgan fingerprint density at radius 3 is 2.58 bits per heavy atom. The molecule has 0 aliphatic rings. The quantitative estimate of drug-likeness (QED) is 0.239. The second-order valence-electron chi connectivity index (χ2n) is 9.66. The van der Waals surface area contributed by atoms with Crippen LogP contribution in [-0.4, -0.2) is 26.1 Å². The van der Waals surface area contributed by atoms with Crippen molar-refractivity contribution in [1.82, 2.24) is 15.2 Å². The van der Waals surface area contributed by atoms with Crippen LogP contribution in [-0.2, 0) is 12.8 Å². The summed E-state index contributed by atoms with van der Waals surface area (Å²) in [6.45, 7) is 5.95. The maximum absolute atomic E-state index is 13.6. The lowest BCUT2D eigenvalue weighted by Gasteiger charge is -2.14. The Bertz CT molecular complexity index is 1520. The van der Waals surface area contributed by atoms with Crippen molar-refractivity contribution in [2.24, 2.45) is 5.92 Å². The van der Waals surface area contributed by atoms with Crippen LogP contribution in [0, 0.1) is 17.6 Å². The molecule has 0 radical (unpaired) electrons. The normalized spacial score (nSPS) is 11.3. The van der Waals surface area contributed by atoms with Gasteiger partial charge in [-0.05, 0) is 48.1 Å². The van der Waals surface area contributed by atoms with Crippen LogP contribution in [0.5, 0.6) is 5.75 Å². The number of aromatic nitrogens is 3. The number of hydrogen-bond acceptors (Lipinski definition) is 6. The lowest BCUT2D eigenvalue weighted by atomic mass is 9.94. The van der Waals surface area contributed by atoms with Gasteiger partial charge in [0.1, 0.15) is 11.3 Å². The van der Waals surface area contributed by atoms with Crippen LogP contribution < -0.4 is 5.56 Å². The standard InChI is InChI=1S/C29H29F2N3O4/c1-4-5-9-22-25(19-8-6-7-18(15-19)23(35)12-16(2)3)27(36)26(28(37)32-22)29-34-33-24(38-29)14-17-10-11-20(30)21(31)13-17/h6-8,10-11,13,15-16H,4-5,9,12,14H2,1-3H3,(H2,32,36,37). The van der Waals surface area contributed by atoms with Crippen molar-refractivity contribution < 1.29 is 23.1 Å². The number of ketones is 1. The Morgan fingerprint density at radius 1 is 1.08 bits per heavy atom. The predicted molar refractivity (Wildman–Crippen MR) is 139 cm³/mol. The Labute approximate surface area is 218 Å². The van der Waals surface area contributed by atoms with Gasteiger partial charge in [-0.25, -0.2) is 8.78 Å². The van der Waals surface area contributed by atoms with E-state index in [1.165, 1.54) is 6.07 Å². The first kappa shape index (κ1) is 26.9. The molecular formula is C29H29F2N3O4. The highest BCUT2D eigenvalue weighted by molar-refractivity contribution is 5.97. The minimum Gasteiger partial charge on any atom is -0.506 e. The number of benzene rings is 2. The molecule has 0 spiro atoms. The van der Waals surface area contributed by atoms with Crippen molar-refractivity contribution in [3.63, 3.8) is 0 Å². The van der Waals surface area contributed by atoms with E-state index < -0.39 is 17.2 Å². The number of halogens is 2. The zero-order chi connectivity index (χ0) is 27.4. The summed E-state index contributed by atoms with van der Waals surface area (Å²) in [6, 6.07) is 10.4. The van der Waals surface area contributed by atoms with Crippen LogP contribution >= 0.6 is 0 Å². The number of unbranched alkanes of at least 4 members (excludes halogenated alkanes) is 1. The molecule has 2 aromatic heterocycles. The van der Waals surface area contributed by atoms with Gasteiger partial charge in [0.05, 0.1) is 6.42 Å². The summed E-state index contributed by atoms with van der Waals surface area (Å²) in [5.41, 5.74) is 1.59. The molecule has 0 saturated heterocycles. The molecule has 2 aromatic carbocycles. The number of nitrogens with zero attached hydrogens (tertiary/aromatic N) is 2. The summed E-state index contributed by atoms with van der Waals surface area (Å²) in [4.78, 5) is 28.6. The number of rotatable bonds is 10. The van der Waals surface area contributed by atoms with Gasteiger partial charge in [0.25, 0.3) is 11.4 Å². The Hall–Kier alpha value is -4.14. The van der Waals surface area contributed by atoms with Crippen LogP contribution in [0.1, 0.15) is 67.5 Å². The van der Waals surface area contributed by atoms with Crippen LogP contribution in [0.3, 0.4) is 0 Å². The molecule has 4 aromatic rings. The minimum atomic E-state index is -1.00. The van der Waals surface area contributed by atoms with Gasteiger partial charge in [-0.1, -0.05) is 51.5 Å². The summed E-state index contributed by atoms with van der Waals surface area (Å²) in [5.74, 6) is -2.28. The van der Waals surface area contributed by atoms with Gasteiger partial charge < -0.3 is 14.5 Å². The third kappa shape index (κ3) is 5.88. The van der Waals surface area contributed by atoms with Crippen LogP contribution in [0.15, 0.2) is 51.7 Å². The zero-order valence-electron chi connectivity index (χ0n) is 21.5. The number of hydrogen-bond donors (Lipinski definition) is 2. The summed E-state index contributed by atoms with van der Waals surface area (Å²) >= 11 is 0. The van der Waals surface area contributed by atoms with E-state index in [2.05, 4.69) is 15.2 Å². The highest BCUT2D eigenvalue weighted by Gasteiger charge is 2.24. The highest BCUT2D eigenvalue weighted by atomic mass is 19.2. The zero-order valence-corrected chi connectivity index (χ0v) is 21.5. The number of aromatic amines is 1. The Morgan fingerprint density at radius 2 is 1.87 bits per heavy atom. The summed E-state index contributed by atoms with van der Waals surface area (Å²) in [7, 11) is 0. The van der Waals surface area contributed by atoms with E-state index in [0.29, 0.717) is 40.8 Å². The van der Waals surface area contributed by atoms with Gasteiger partial charge in [0.2, 0.25) is 5.89 Å². The van der Waals surface area contributed by atoms with Crippen molar-refractivity contribution in [2.75, 3.05) is 0 Å². The van der Waals surface area contributed by atoms with Crippen molar-refractivity contribution in [3.8, 4) is 28.3 Å². The van der Waals surface area contributed by atoms with Crippen molar-refractivity contribution >= 4 is 5.78 Å². The molecule has 198 valence electrons. The Balaban J connectivity index is 1.77.